The van der Waals surface area contributed by atoms with E-state index in [1.54, 1.807) is 13.3 Å². The molecule has 0 radical (unpaired) electrons. The van der Waals surface area contributed by atoms with E-state index in [2.05, 4.69) is 4.98 Å². The average Bonchev–Trinajstić information content (AvgIpc) is 2.30. The Bertz CT molecular complexity index is 451. The van der Waals surface area contributed by atoms with Crippen molar-refractivity contribution < 1.29 is 4.74 Å². The lowest BCUT2D eigenvalue weighted by molar-refractivity contribution is 0.415. The molecule has 3 heteroatoms. The zero-order chi connectivity index (χ0) is 10.7. The number of nitrogens with two attached hydrogens (primary N) is 1. The summed E-state index contributed by atoms with van der Waals surface area (Å²) in [5.74, 6) is 0.825. The molecule has 0 fully saturated rings. The van der Waals surface area contributed by atoms with Crippen LogP contribution in [-0.4, -0.2) is 12.1 Å². The molecule has 0 bridgehead atoms. The van der Waals surface area contributed by atoms with Gasteiger partial charge >= 0.3 is 0 Å². The second-order valence-corrected chi connectivity index (χ2v) is 3.21. The van der Waals surface area contributed by atoms with Gasteiger partial charge in [-0.3, -0.25) is 4.98 Å². The number of hydrogen-bond donors (Lipinski definition) is 1. The van der Waals surface area contributed by atoms with Crippen molar-refractivity contribution in [3.63, 3.8) is 0 Å². The Labute approximate surface area is 88.5 Å². The van der Waals surface area contributed by atoms with Gasteiger partial charge in [0.2, 0.25) is 0 Å². The highest BCUT2D eigenvalue weighted by Gasteiger charge is 1.99. The Kier molecular flexibility index (Phi) is 2.54. The van der Waals surface area contributed by atoms with Gasteiger partial charge in [0.25, 0.3) is 0 Å². The highest BCUT2D eigenvalue weighted by molar-refractivity contribution is 5.62. The number of nitrogens with zero attached hydrogens (tertiary/aromatic N) is 1. The first-order valence-corrected chi connectivity index (χ1v) is 4.65. The van der Waals surface area contributed by atoms with Crippen LogP contribution >= 0.6 is 0 Å². The van der Waals surface area contributed by atoms with Gasteiger partial charge in [-0.25, -0.2) is 0 Å². The van der Waals surface area contributed by atoms with E-state index in [1.807, 2.05) is 36.4 Å². The standard InChI is InChI=1S/C12H12N2O/c1-15-11-4-2-3-9(7-11)12-6-5-10(13)8-14-12/h2-8H,13H2,1H3. The Balaban J connectivity index is 2.40. The number of methoxy groups -OCH3 is 1. The number of hydrogen-bond acceptors (Lipinski definition) is 3. The summed E-state index contributed by atoms with van der Waals surface area (Å²) >= 11 is 0. The Morgan fingerprint density at radius 3 is 2.73 bits per heavy atom. The Hall–Kier alpha value is -2.03. The molecule has 15 heavy (non-hydrogen) atoms. The topological polar surface area (TPSA) is 48.1 Å². The molecule has 2 N–H and O–H groups in total. The summed E-state index contributed by atoms with van der Waals surface area (Å²) in [6.07, 6.45) is 1.65. The van der Waals surface area contributed by atoms with Gasteiger partial charge in [0, 0.05) is 5.56 Å². The third kappa shape index (κ3) is 2.07. The lowest BCUT2D eigenvalue weighted by Crippen LogP contribution is -1.89. The molecule has 0 saturated carbocycles. The summed E-state index contributed by atoms with van der Waals surface area (Å²) < 4.78 is 5.15. The molecule has 0 saturated heterocycles. The highest BCUT2D eigenvalue weighted by Crippen LogP contribution is 2.22. The van der Waals surface area contributed by atoms with Crippen molar-refractivity contribution in [2.75, 3.05) is 12.8 Å². The SMILES string of the molecule is COc1cccc(-c2ccc(N)cn2)c1. The summed E-state index contributed by atoms with van der Waals surface area (Å²) in [6.45, 7) is 0. The molecule has 0 aliphatic carbocycles. The predicted octanol–water partition coefficient (Wildman–Crippen LogP) is 2.34. The molecule has 0 unspecified atom stereocenters. The predicted molar refractivity (Wildman–Crippen MR) is 60.6 cm³/mol. The van der Waals surface area contributed by atoms with E-state index >= 15 is 0 Å². The summed E-state index contributed by atoms with van der Waals surface area (Å²) in [5.41, 5.74) is 8.16. The average molecular weight is 200 g/mol. The van der Waals surface area contributed by atoms with Crippen molar-refractivity contribution in [2.24, 2.45) is 0 Å². The molecule has 3 nitrogen and oxygen atoms in total. The first kappa shape index (κ1) is 9.52. The zero-order valence-corrected chi connectivity index (χ0v) is 8.47. The van der Waals surface area contributed by atoms with Crippen LogP contribution in [0.25, 0.3) is 11.3 Å². The third-order valence-corrected chi connectivity index (χ3v) is 2.15. The number of anilines is 1. The maximum Gasteiger partial charge on any atom is 0.119 e. The smallest absolute Gasteiger partial charge is 0.119 e. The van der Waals surface area contributed by atoms with E-state index < -0.39 is 0 Å². The minimum absolute atomic E-state index is 0.668. The highest BCUT2D eigenvalue weighted by atomic mass is 16.5. The van der Waals surface area contributed by atoms with Crippen LogP contribution in [-0.2, 0) is 0 Å². The molecule has 76 valence electrons. The fraction of sp³-hybridized carbons (Fsp3) is 0.0833. The van der Waals surface area contributed by atoms with Gasteiger partial charge in [0.15, 0.2) is 0 Å². The molecule has 0 atom stereocenters. The first-order chi connectivity index (χ1) is 7.29. The van der Waals surface area contributed by atoms with Gasteiger partial charge in [-0.15, -0.1) is 0 Å². The molecule has 2 aromatic rings. The van der Waals surface area contributed by atoms with Crippen LogP contribution in [0.1, 0.15) is 0 Å². The number of rotatable bonds is 2. The molecule has 0 amide bonds. The van der Waals surface area contributed by atoms with Gasteiger partial charge in [-0.2, -0.15) is 0 Å². The number of pyridine rings is 1. The first-order valence-electron chi connectivity index (χ1n) is 4.65. The van der Waals surface area contributed by atoms with Crippen LogP contribution in [0.4, 0.5) is 5.69 Å². The monoisotopic (exact) mass is 200 g/mol. The molecule has 0 spiro atoms. The number of aromatic nitrogens is 1. The number of benzene rings is 1. The Morgan fingerprint density at radius 1 is 1.20 bits per heavy atom. The van der Waals surface area contributed by atoms with E-state index in [0.29, 0.717) is 5.69 Å². The molecule has 1 aromatic carbocycles. The summed E-state index contributed by atoms with van der Waals surface area (Å²) in [6, 6.07) is 11.5. The van der Waals surface area contributed by atoms with Crippen molar-refractivity contribution >= 4 is 5.69 Å². The van der Waals surface area contributed by atoms with Crippen molar-refractivity contribution in [2.45, 2.75) is 0 Å². The fourth-order valence-corrected chi connectivity index (χ4v) is 1.36. The molecule has 0 aliphatic rings. The van der Waals surface area contributed by atoms with E-state index in [-0.39, 0.29) is 0 Å². The van der Waals surface area contributed by atoms with Crippen LogP contribution in [0, 0.1) is 0 Å². The van der Waals surface area contributed by atoms with Gasteiger partial charge in [0.05, 0.1) is 24.7 Å². The third-order valence-electron chi connectivity index (χ3n) is 2.15. The number of nitrogen functional groups attached to an aromatic ring is 1. The molecule has 1 heterocycles. The van der Waals surface area contributed by atoms with Crippen LogP contribution < -0.4 is 10.5 Å². The number of ether oxygens (including phenoxy) is 1. The van der Waals surface area contributed by atoms with Gasteiger partial charge in [-0.1, -0.05) is 12.1 Å². The van der Waals surface area contributed by atoms with Crippen molar-refractivity contribution in [3.05, 3.63) is 42.6 Å². The van der Waals surface area contributed by atoms with E-state index in [4.69, 9.17) is 10.5 Å². The lowest BCUT2D eigenvalue weighted by atomic mass is 10.1. The molecular weight excluding hydrogens is 188 g/mol. The summed E-state index contributed by atoms with van der Waals surface area (Å²) in [7, 11) is 1.65. The zero-order valence-electron chi connectivity index (χ0n) is 8.47. The van der Waals surface area contributed by atoms with E-state index in [9.17, 15) is 0 Å². The van der Waals surface area contributed by atoms with Gasteiger partial charge < -0.3 is 10.5 Å². The van der Waals surface area contributed by atoms with Crippen LogP contribution in [0.5, 0.6) is 5.75 Å². The lowest BCUT2D eigenvalue weighted by Gasteiger charge is -2.03. The minimum Gasteiger partial charge on any atom is -0.497 e. The Morgan fingerprint density at radius 2 is 2.07 bits per heavy atom. The maximum atomic E-state index is 5.57. The van der Waals surface area contributed by atoms with E-state index in [1.165, 1.54) is 0 Å². The normalized spacial score (nSPS) is 9.93. The molecule has 0 aliphatic heterocycles. The largest absolute Gasteiger partial charge is 0.497 e. The van der Waals surface area contributed by atoms with Gasteiger partial charge in [-0.05, 0) is 24.3 Å². The molecule has 2 rings (SSSR count). The van der Waals surface area contributed by atoms with Gasteiger partial charge in [0.1, 0.15) is 5.75 Å². The van der Waals surface area contributed by atoms with Crippen molar-refractivity contribution in [3.8, 4) is 17.0 Å². The summed E-state index contributed by atoms with van der Waals surface area (Å²) in [4.78, 5) is 4.24. The second kappa shape index (κ2) is 4.00. The van der Waals surface area contributed by atoms with Crippen LogP contribution in [0.2, 0.25) is 0 Å². The maximum absolute atomic E-state index is 5.57. The van der Waals surface area contributed by atoms with Crippen LogP contribution in [0.15, 0.2) is 42.6 Å². The molecule has 1 aromatic heterocycles. The minimum atomic E-state index is 0.668. The molecular formula is C12H12N2O. The second-order valence-electron chi connectivity index (χ2n) is 3.21. The fourth-order valence-electron chi connectivity index (χ4n) is 1.36. The van der Waals surface area contributed by atoms with Crippen molar-refractivity contribution in [1.29, 1.82) is 0 Å². The summed E-state index contributed by atoms with van der Waals surface area (Å²) in [5, 5.41) is 0. The van der Waals surface area contributed by atoms with Crippen LogP contribution in [0.3, 0.4) is 0 Å². The van der Waals surface area contributed by atoms with E-state index in [0.717, 1.165) is 17.0 Å². The quantitative estimate of drug-likeness (QED) is 0.809. The van der Waals surface area contributed by atoms with Crippen molar-refractivity contribution in [1.82, 2.24) is 4.98 Å².